The largest absolute Gasteiger partial charge is 0.432 e. The lowest BCUT2D eigenvalue weighted by Crippen LogP contribution is -2.44. The highest BCUT2D eigenvalue weighted by molar-refractivity contribution is 8.00. The van der Waals surface area contributed by atoms with Crippen molar-refractivity contribution < 1.29 is 17.6 Å². The van der Waals surface area contributed by atoms with Crippen molar-refractivity contribution in [1.82, 2.24) is 9.13 Å². The Labute approximate surface area is 173 Å². The summed E-state index contributed by atoms with van der Waals surface area (Å²) in [5.74, 6) is -0.997. The fourth-order valence-electron chi connectivity index (χ4n) is 2.73. The molecule has 1 aromatic carbocycles. The molecule has 0 saturated carbocycles. The van der Waals surface area contributed by atoms with E-state index in [1.807, 2.05) is 6.92 Å². The van der Waals surface area contributed by atoms with E-state index in [2.05, 4.69) is 6.58 Å². The summed E-state index contributed by atoms with van der Waals surface area (Å²) in [7, 11) is 0.896. The molecule has 4 nitrogen and oxygen atoms in total. The molecule has 0 bridgehead atoms. The summed E-state index contributed by atoms with van der Waals surface area (Å²) in [6, 6.07) is 2.12. The number of alkyl halides is 3. The van der Waals surface area contributed by atoms with Crippen molar-refractivity contribution in [3.05, 3.63) is 67.2 Å². The molecule has 0 aliphatic carbocycles. The summed E-state index contributed by atoms with van der Waals surface area (Å²) in [5.41, 5.74) is -4.13. The van der Waals surface area contributed by atoms with Gasteiger partial charge in [-0.25, -0.2) is 13.8 Å². The van der Waals surface area contributed by atoms with Gasteiger partial charge in [-0.1, -0.05) is 30.7 Å². The summed E-state index contributed by atoms with van der Waals surface area (Å²) < 4.78 is 55.5. The Hall–Kier alpha value is -2.00. The predicted molar refractivity (Wildman–Crippen MR) is 107 cm³/mol. The lowest BCUT2D eigenvalue weighted by molar-refractivity contribution is -0.144. The van der Waals surface area contributed by atoms with E-state index in [1.54, 1.807) is 6.92 Å². The first kappa shape index (κ1) is 23.3. The number of thioether (sulfide) groups is 1. The monoisotopic (exact) mass is 450 g/mol. The molecule has 158 valence electrons. The van der Waals surface area contributed by atoms with Gasteiger partial charge in [-0.2, -0.15) is 13.2 Å². The minimum absolute atomic E-state index is 0.0526. The van der Waals surface area contributed by atoms with Crippen LogP contribution in [0.25, 0.3) is 5.69 Å². The van der Waals surface area contributed by atoms with Crippen LogP contribution in [0.3, 0.4) is 0 Å². The van der Waals surface area contributed by atoms with Crippen molar-refractivity contribution in [2.45, 2.75) is 43.5 Å². The number of hydrogen-bond acceptors (Lipinski definition) is 3. The van der Waals surface area contributed by atoms with Gasteiger partial charge in [0.1, 0.15) is 11.5 Å². The Balaban J connectivity index is 2.85. The van der Waals surface area contributed by atoms with Crippen molar-refractivity contribution in [2.24, 2.45) is 7.05 Å². The molecule has 2 aromatic rings. The van der Waals surface area contributed by atoms with Gasteiger partial charge in [0.2, 0.25) is 0 Å². The smallest absolute Gasteiger partial charge is 0.292 e. The van der Waals surface area contributed by atoms with Crippen LogP contribution >= 0.6 is 23.4 Å². The van der Waals surface area contributed by atoms with Crippen LogP contribution < -0.4 is 11.2 Å². The Bertz CT molecular complexity index is 1090. The van der Waals surface area contributed by atoms with Gasteiger partial charge in [-0.15, -0.1) is 11.8 Å². The second-order valence-corrected chi connectivity index (χ2v) is 8.29. The molecule has 1 heterocycles. The van der Waals surface area contributed by atoms with Crippen molar-refractivity contribution >= 4 is 23.4 Å². The van der Waals surface area contributed by atoms with Crippen LogP contribution in [0.5, 0.6) is 0 Å². The molecule has 1 atom stereocenters. The van der Waals surface area contributed by atoms with E-state index in [0.29, 0.717) is 14.0 Å². The molecule has 0 amide bonds. The standard InChI is InChI=1S/C19H19ClF4N2O2S/c1-6-11-16(19(22,23)24)25(5)18(28)26(17(11)27)14-8-15(12(20)7-13(14)21)29-10(4)9(2)3/h7-8,10H,2,6H2,1,3-5H3. The van der Waals surface area contributed by atoms with Crippen LogP contribution in [-0.2, 0) is 19.6 Å². The molecule has 29 heavy (non-hydrogen) atoms. The lowest BCUT2D eigenvalue weighted by atomic mass is 10.1. The molecule has 2 rings (SSSR count). The van der Waals surface area contributed by atoms with Crippen molar-refractivity contribution in [2.75, 3.05) is 0 Å². The van der Waals surface area contributed by atoms with Crippen molar-refractivity contribution in [1.29, 1.82) is 0 Å². The maximum absolute atomic E-state index is 14.6. The van der Waals surface area contributed by atoms with Crippen molar-refractivity contribution in [3.63, 3.8) is 0 Å². The number of rotatable bonds is 5. The second kappa shape index (κ2) is 8.39. The average molecular weight is 451 g/mol. The topological polar surface area (TPSA) is 44.0 Å². The highest BCUT2D eigenvalue weighted by Crippen LogP contribution is 2.35. The van der Waals surface area contributed by atoms with Crippen LogP contribution in [0.2, 0.25) is 5.02 Å². The molecule has 0 radical (unpaired) electrons. The maximum Gasteiger partial charge on any atom is 0.432 e. The van der Waals surface area contributed by atoms with Gasteiger partial charge >= 0.3 is 11.9 Å². The summed E-state index contributed by atoms with van der Waals surface area (Å²) in [5, 5.41) is -0.0546. The predicted octanol–water partition coefficient (Wildman–Crippen LogP) is 4.97. The van der Waals surface area contributed by atoms with E-state index in [0.717, 1.165) is 18.7 Å². The Kier molecular flexibility index (Phi) is 6.74. The zero-order valence-corrected chi connectivity index (χ0v) is 17.7. The molecule has 1 aromatic heterocycles. The Morgan fingerprint density at radius 3 is 2.38 bits per heavy atom. The normalized spacial score (nSPS) is 12.9. The Morgan fingerprint density at radius 1 is 1.31 bits per heavy atom. The fourth-order valence-corrected chi connectivity index (χ4v) is 3.95. The van der Waals surface area contributed by atoms with E-state index >= 15 is 0 Å². The van der Waals surface area contributed by atoms with Gasteiger partial charge in [0.05, 0.1) is 10.7 Å². The first-order valence-electron chi connectivity index (χ1n) is 8.54. The average Bonchev–Trinajstić information content (AvgIpc) is 2.60. The first-order chi connectivity index (χ1) is 13.3. The lowest BCUT2D eigenvalue weighted by Gasteiger charge is -2.19. The van der Waals surface area contributed by atoms with Gasteiger partial charge in [0.25, 0.3) is 5.56 Å². The number of hydrogen-bond donors (Lipinski definition) is 0. The van der Waals surface area contributed by atoms with Gasteiger partial charge in [-0.05, 0) is 32.4 Å². The number of nitrogens with zero attached hydrogens (tertiary/aromatic N) is 2. The SMILES string of the molecule is C=C(C)C(C)Sc1cc(-n2c(=O)c(CC)c(C(F)(F)F)n(C)c2=O)c(F)cc1Cl. The Morgan fingerprint density at radius 2 is 1.90 bits per heavy atom. The van der Waals surface area contributed by atoms with E-state index < -0.39 is 40.2 Å². The molecule has 0 N–H and O–H groups in total. The number of benzene rings is 1. The van der Waals surface area contributed by atoms with Gasteiger partial charge in [-0.3, -0.25) is 9.36 Å². The summed E-state index contributed by atoms with van der Waals surface area (Å²) in [4.78, 5) is 25.7. The quantitative estimate of drug-likeness (QED) is 0.367. The maximum atomic E-state index is 14.6. The van der Waals surface area contributed by atoms with Gasteiger partial charge in [0, 0.05) is 22.8 Å². The zero-order valence-electron chi connectivity index (χ0n) is 16.2. The van der Waals surface area contributed by atoms with E-state index in [9.17, 15) is 27.2 Å². The van der Waals surface area contributed by atoms with E-state index in [-0.39, 0.29) is 16.7 Å². The van der Waals surface area contributed by atoms with Crippen LogP contribution in [0.15, 0.2) is 38.8 Å². The van der Waals surface area contributed by atoms with Crippen LogP contribution in [0.1, 0.15) is 32.0 Å². The summed E-state index contributed by atoms with van der Waals surface area (Å²) in [6.07, 6.45) is -5.20. The second-order valence-electron chi connectivity index (χ2n) is 6.50. The third-order valence-corrected chi connectivity index (χ3v) is 6.20. The molecular formula is C19H19ClF4N2O2S. The molecule has 10 heteroatoms. The summed E-state index contributed by atoms with van der Waals surface area (Å²) in [6.45, 7) is 8.81. The molecular weight excluding hydrogens is 432 g/mol. The summed E-state index contributed by atoms with van der Waals surface area (Å²) >= 11 is 7.31. The fraction of sp³-hybridized carbons (Fsp3) is 0.368. The zero-order chi connectivity index (χ0) is 22.3. The van der Waals surface area contributed by atoms with E-state index in [1.165, 1.54) is 24.8 Å². The highest BCUT2D eigenvalue weighted by Gasteiger charge is 2.38. The first-order valence-corrected chi connectivity index (χ1v) is 9.80. The van der Waals surface area contributed by atoms with Gasteiger partial charge < -0.3 is 0 Å². The minimum atomic E-state index is -4.91. The van der Waals surface area contributed by atoms with Crippen LogP contribution in [0, 0.1) is 5.82 Å². The van der Waals surface area contributed by atoms with Gasteiger partial charge in [0.15, 0.2) is 0 Å². The molecule has 1 unspecified atom stereocenters. The van der Waals surface area contributed by atoms with Crippen LogP contribution in [-0.4, -0.2) is 14.4 Å². The number of halogens is 5. The highest BCUT2D eigenvalue weighted by atomic mass is 35.5. The van der Waals surface area contributed by atoms with E-state index in [4.69, 9.17) is 11.6 Å². The molecule has 0 saturated heterocycles. The third kappa shape index (κ3) is 4.45. The third-order valence-electron chi connectivity index (χ3n) is 4.42. The van der Waals surface area contributed by atoms with Crippen LogP contribution in [0.4, 0.5) is 17.6 Å². The minimum Gasteiger partial charge on any atom is -0.292 e. The molecule has 0 spiro atoms. The number of aromatic nitrogens is 2. The molecule has 0 aliphatic rings. The molecule has 0 fully saturated rings. The van der Waals surface area contributed by atoms with Crippen molar-refractivity contribution in [3.8, 4) is 5.69 Å². The molecule has 0 aliphatic heterocycles.